The van der Waals surface area contributed by atoms with Crippen LogP contribution in [0.25, 0.3) is 0 Å². The van der Waals surface area contributed by atoms with E-state index >= 15 is 0 Å². The van der Waals surface area contributed by atoms with Gasteiger partial charge in [0.15, 0.2) is 0 Å². The van der Waals surface area contributed by atoms with Gasteiger partial charge in [-0.1, -0.05) is 84.9 Å². The highest BCUT2D eigenvalue weighted by Crippen LogP contribution is 2.60. The first-order chi connectivity index (χ1) is 18.7. The van der Waals surface area contributed by atoms with E-state index in [1.807, 2.05) is 60.7 Å². The summed E-state index contributed by atoms with van der Waals surface area (Å²) >= 11 is 0. The number of rotatable bonds is 4. The average molecular weight is 495 g/mol. The number of ether oxygens (including phenoxy) is 2. The maximum Gasteiger partial charge on any atom is 0.343 e. The van der Waals surface area contributed by atoms with Crippen molar-refractivity contribution in [3.8, 4) is 11.5 Å². The van der Waals surface area contributed by atoms with Gasteiger partial charge < -0.3 is 9.47 Å². The summed E-state index contributed by atoms with van der Waals surface area (Å²) < 4.78 is 12.1. The zero-order chi connectivity index (χ0) is 25.6. The average Bonchev–Trinajstić information content (AvgIpc) is 2.98. The summed E-state index contributed by atoms with van der Waals surface area (Å²) in [7, 11) is 0. The van der Waals surface area contributed by atoms with Crippen LogP contribution in [0, 0.1) is 0 Å². The second-order valence-electron chi connectivity index (χ2n) is 9.52. The van der Waals surface area contributed by atoms with Crippen LogP contribution in [0.5, 0.6) is 11.5 Å². The van der Waals surface area contributed by atoms with Crippen molar-refractivity contribution in [1.29, 1.82) is 0 Å². The fourth-order valence-corrected chi connectivity index (χ4v) is 5.87. The van der Waals surface area contributed by atoms with E-state index in [-0.39, 0.29) is 11.8 Å². The number of esters is 2. The van der Waals surface area contributed by atoms with Crippen molar-refractivity contribution in [3.05, 3.63) is 166 Å². The van der Waals surface area contributed by atoms with Gasteiger partial charge in [-0.15, -0.1) is 0 Å². The largest absolute Gasteiger partial charge is 0.423 e. The van der Waals surface area contributed by atoms with Gasteiger partial charge in [0, 0.05) is 23.0 Å². The van der Waals surface area contributed by atoms with Crippen molar-refractivity contribution in [1.82, 2.24) is 0 Å². The molecule has 2 bridgehead atoms. The van der Waals surface area contributed by atoms with Gasteiger partial charge in [-0.05, 0) is 58.7 Å². The van der Waals surface area contributed by atoms with Gasteiger partial charge in [0.05, 0.1) is 11.1 Å². The molecule has 3 aliphatic carbocycles. The summed E-state index contributed by atoms with van der Waals surface area (Å²) in [5.74, 6) is -0.206. The lowest BCUT2D eigenvalue weighted by molar-refractivity contribution is 0.0716. The first-order valence-corrected chi connectivity index (χ1v) is 12.6. The standard InChI is InChI=1S/C34H22O4/c35-33(21-11-3-1-4-12-21)37-27-19-20-28(38-34(36)22-13-5-2-6-14-22)32-30-25-17-9-7-15-23(25)29(31(27)32)24-16-8-10-18-26(24)30/h1-20,29-30H. The quantitative estimate of drug-likeness (QED) is 0.193. The summed E-state index contributed by atoms with van der Waals surface area (Å²) in [4.78, 5) is 26.3. The summed E-state index contributed by atoms with van der Waals surface area (Å²) in [5.41, 5.74) is 7.38. The second-order valence-corrected chi connectivity index (χ2v) is 9.52. The minimum atomic E-state index is -0.426. The lowest BCUT2D eigenvalue weighted by atomic mass is 9.60. The molecule has 0 saturated heterocycles. The molecule has 0 saturated carbocycles. The van der Waals surface area contributed by atoms with E-state index in [9.17, 15) is 9.59 Å². The van der Waals surface area contributed by atoms with E-state index in [0.29, 0.717) is 22.6 Å². The molecule has 3 aliphatic rings. The van der Waals surface area contributed by atoms with E-state index in [1.165, 1.54) is 22.3 Å². The van der Waals surface area contributed by atoms with Gasteiger partial charge >= 0.3 is 11.9 Å². The van der Waals surface area contributed by atoms with Gasteiger partial charge in [-0.25, -0.2) is 9.59 Å². The lowest BCUT2D eigenvalue weighted by Gasteiger charge is -2.43. The molecule has 182 valence electrons. The molecular weight excluding hydrogens is 472 g/mol. The van der Waals surface area contributed by atoms with E-state index < -0.39 is 11.9 Å². The number of benzene rings is 5. The van der Waals surface area contributed by atoms with Gasteiger partial charge in [-0.2, -0.15) is 0 Å². The number of carbonyl (C=O) groups is 2. The molecule has 0 unspecified atom stereocenters. The molecule has 5 aromatic carbocycles. The Morgan fingerprint density at radius 2 is 0.737 bits per heavy atom. The smallest absolute Gasteiger partial charge is 0.343 e. The highest BCUT2D eigenvalue weighted by Gasteiger charge is 2.45. The first kappa shape index (κ1) is 22.3. The second kappa shape index (κ2) is 8.86. The van der Waals surface area contributed by atoms with Crippen molar-refractivity contribution in [2.45, 2.75) is 11.8 Å². The highest BCUT2D eigenvalue weighted by molar-refractivity contribution is 5.93. The maximum absolute atomic E-state index is 13.1. The van der Waals surface area contributed by atoms with Crippen molar-refractivity contribution < 1.29 is 19.1 Å². The molecule has 0 aromatic heterocycles. The van der Waals surface area contributed by atoms with Crippen LogP contribution in [-0.4, -0.2) is 11.9 Å². The molecule has 0 amide bonds. The summed E-state index contributed by atoms with van der Waals surface area (Å²) in [6, 6.07) is 38.1. The predicted molar refractivity (Wildman–Crippen MR) is 144 cm³/mol. The Kier molecular flexibility index (Phi) is 5.19. The lowest BCUT2D eigenvalue weighted by Crippen LogP contribution is -2.29. The zero-order valence-corrected chi connectivity index (χ0v) is 20.3. The monoisotopic (exact) mass is 494 g/mol. The Bertz CT molecular complexity index is 1530. The highest BCUT2D eigenvalue weighted by atomic mass is 16.5. The minimum absolute atomic E-state index is 0.156. The molecule has 4 heteroatoms. The molecule has 8 rings (SSSR count). The molecule has 0 spiro atoms. The van der Waals surface area contributed by atoms with Gasteiger partial charge in [0.25, 0.3) is 0 Å². The summed E-state index contributed by atoms with van der Waals surface area (Å²) in [6.45, 7) is 0. The van der Waals surface area contributed by atoms with E-state index in [0.717, 1.165) is 11.1 Å². The van der Waals surface area contributed by atoms with Crippen LogP contribution >= 0.6 is 0 Å². The number of hydrogen-bond acceptors (Lipinski definition) is 4. The third-order valence-electron chi connectivity index (χ3n) is 7.44. The Labute approximate surface area is 220 Å². The van der Waals surface area contributed by atoms with Crippen molar-refractivity contribution in [2.75, 3.05) is 0 Å². The minimum Gasteiger partial charge on any atom is -0.423 e. The molecule has 0 aliphatic heterocycles. The molecule has 0 N–H and O–H groups in total. The van der Waals surface area contributed by atoms with Crippen molar-refractivity contribution in [3.63, 3.8) is 0 Å². The maximum atomic E-state index is 13.1. The van der Waals surface area contributed by atoms with Gasteiger partial charge in [0.2, 0.25) is 0 Å². The topological polar surface area (TPSA) is 52.6 Å². The van der Waals surface area contributed by atoms with Gasteiger partial charge in [-0.3, -0.25) is 0 Å². The fourth-order valence-electron chi connectivity index (χ4n) is 5.87. The Morgan fingerprint density at radius 3 is 1.08 bits per heavy atom. The molecule has 0 radical (unpaired) electrons. The first-order valence-electron chi connectivity index (χ1n) is 12.6. The number of carbonyl (C=O) groups excluding carboxylic acids is 2. The normalized spacial score (nSPS) is 16.1. The predicted octanol–water partition coefficient (Wildman–Crippen LogP) is 7.11. The Balaban J connectivity index is 1.42. The van der Waals surface area contributed by atoms with Crippen LogP contribution in [0.3, 0.4) is 0 Å². The van der Waals surface area contributed by atoms with Crippen LogP contribution in [0.15, 0.2) is 121 Å². The van der Waals surface area contributed by atoms with Crippen LogP contribution < -0.4 is 9.47 Å². The van der Waals surface area contributed by atoms with Crippen LogP contribution in [0.1, 0.15) is 65.9 Å². The molecule has 4 nitrogen and oxygen atoms in total. The SMILES string of the molecule is O=C(Oc1ccc(OC(=O)c2ccccc2)c2c1C1c3ccccc3C2c2ccccc21)c1ccccc1. The van der Waals surface area contributed by atoms with Crippen LogP contribution in [0.2, 0.25) is 0 Å². The third kappa shape index (κ3) is 3.46. The van der Waals surface area contributed by atoms with E-state index in [2.05, 4.69) is 24.3 Å². The zero-order valence-electron chi connectivity index (χ0n) is 20.3. The van der Waals surface area contributed by atoms with E-state index in [4.69, 9.17) is 9.47 Å². The third-order valence-corrected chi connectivity index (χ3v) is 7.44. The molecular formula is C34H22O4. The summed E-state index contributed by atoms with van der Waals surface area (Å²) in [6.07, 6.45) is 0. The Morgan fingerprint density at radius 1 is 0.421 bits per heavy atom. The Hall–Kier alpha value is -4.96. The van der Waals surface area contributed by atoms with Crippen molar-refractivity contribution >= 4 is 11.9 Å². The van der Waals surface area contributed by atoms with Crippen molar-refractivity contribution in [2.24, 2.45) is 0 Å². The van der Waals surface area contributed by atoms with E-state index in [1.54, 1.807) is 36.4 Å². The molecule has 5 aromatic rings. The summed E-state index contributed by atoms with van der Waals surface area (Å²) in [5, 5.41) is 0. The molecule has 0 fully saturated rings. The van der Waals surface area contributed by atoms with Crippen LogP contribution in [-0.2, 0) is 0 Å². The number of hydrogen-bond donors (Lipinski definition) is 0. The van der Waals surface area contributed by atoms with Crippen LogP contribution in [0.4, 0.5) is 0 Å². The molecule has 0 atom stereocenters. The fraction of sp³-hybridized carbons (Fsp3) is 0.0588. The molecule has 0 heterocycles. The van der Waals surface area contributed by atoms with Gasteiger partial charge in [0.1, 0.15) is 11.5 Å². The molecule has 38 heavy (non-hydrogen) atoms.